The molecule has 0 unspecified atom stereocenters. The fraction of sp³-hybridized carbons (Fsp3) is 0.353. The molecule has 1 aliphatic rings. The Morgan fingerprint density at radius 1 is 1.25 bits per heavy atom. The summed E-state index contributed by atoms with van der Waals surface area (Å²) in [5.74, 6) is 0.563. The van der Waals surface area contributed by atoms with Crippen molar-refractivity contribution in [2.24, 2.45) is 0 Å². The van der Waals surface area contributed by atoms with Crippen LogP contribution in [0.3, 0.4) is 0 Å². The van der Waals surface area contributed by atoms with Crippen LogP contribution in [0.5, 0.6) is 0 Å². The average molecular weight is 327 g/mol. The third-order valence-corrected chi connectivity index (χ3v) is 3.78. The van der Waals surface area contributed by atoms with E-state index in [9.17, 15) is 4.79 Å². The van der Waals surface area contributed by atoms with Crippen molar-refractivity contribution < 1.29 is 9.53 Å². The van der Waals surface area contributed by atoms with E-state index in [0.717, 1.165) is 38.5 Å². The first-order valence-corrected chi connectivity index (χ1v) is 8.03. The molecule has 0 bridgehead atoms. The largest absolute Gasteiger partial charge is 0.379 e. The first-order valence-electron chi connectivity index (χ1n) is 8.03. The zero-order valence-electron chi connectivity index (χ0n) is 13.4. The van der Waals surface area contributed by atoms with Gasteiger partial charge >= 0.3 is 0 Å². The molecule has 2 N–H and O–H groups in total. The molecule has 2 heterocycles. The number of carbonyl (C=O) groups is 1. The van der Waals surface area contributed by atoms with Gasteiger partial charge in [0.25, 0.3) is 5.91 Å². The first kappa shape index (κ1) is 16.4. The Morgan fingerprint density at radius 2 is 2.12 bits per heavy atom. The second-order valence-electron chi connectivity index (χ2n) is 5.51. The zero-order valence-corrected chi connectivity index (χ0v) is 13.4. The van der Waals surface area contributed by atoms with E-state index in [1.54, 1.807) is 30.7 Å². The third kappa shape index (κ3) is 4.74. The van der Waals surface area contributed by atoms with Crippen molar-refractivity contribution in [3.63, 3.8) is 0 Å². The lowest BCUT2D eigenvalue weighted by atomic mass is 10.2. The standard InChI is InChI=1S/C17H21N5O2/c23-17(20-6-7-22-8-10-24-11-9-22)14-2-1-3-15(12-14)21-16-13-18-4-5-19-16/h1-5,12-13H,6-11H2,(H,19,21)(H,20,23). The van der Waals surface area contributed by atoms with Gasteiger partial charge in [-0.2, -0.15) is 0 Å². The molecule has 0 atom stereocenters. The van der Waals surface area contributed by atoms with Crippen LogP contribution < -0.4 is 10.6 Å². The maximum Gasteiger partial charge on any atom is 0.251 e. The number of benzene rings is 1. The fourth-order valence-electron chi connectivity index (χ4n) is 2.50. The van der Waals surface area contributed by atoms with Crippen molar-refractivity contribution in [3.05, 3.63) is 48.4 Å². The molecule has 0 aliphatic carbocycles. The van der Waals surface area contributed by atoms with Crippen LogP contribution in [0.2, 0.25) is 0 Å². The second-order valence-corrected chi connectivity index (χ2v) is 5.51. The van der Waals surface area contributed by atoms with Crippen LogP contribution >= 0.6 is 0 Å². The molecule has 7 nitrogen and oxygen atoms in total. The minimum Gasteiger partial charge on any atom is -0.379 e. The number of aromatic nitrogens is 2. The van der Waals surface area contributed by atoms with Gasteiger partial charge in [0.2, 0.25) is 0 Å². The normalized spacial score (nSPS) is 15.0. The van der Waals surface area contributed by atoms with Gasteiger partial charge in [-0.05, 0) is 18.2 Å². The Morgan fingerprint density at radius 3 is 2.92 bits per heavy atom. The highest BCUT2D eigenvalue weighted by Gasteiger charge is 2.11. The molecular weight excluding hydrogens is 306 g/mol. The van der Waals surface area contributed by atoms with Crippen molar-refractivity contribution in [1.82, 2.24) is 20.2 Å². The van der Waals surface area contributed by atoms with Crippen LogP contribution in [-0.2, 0) is 4.74 Å². The monoisotopic (exact) mass is 327 g/mol. The van der Waals surface area contributed by atoms with Crippen LogP contribution in [-0.4, -0.2) is 60.2 Å². The predicted octanol–water partition coefficient (Wildman–Crippen LogP) is 1.28. The molecule has 126 valence electrons. The summed E-state index contributed by atoms with van der Waals surface area (Å²) in [6.07, 6.45) is 4.86. The van der Waals surface area contributed by atoms with E-state index in [-0.39, 0.29) is 5.91 Å². The second kappa shape index (κ2) is 8.37. The van der Waals surface area contributed by atoms with Crippen molar-refractivity contribution in [1.29, 1.82) is 0 Å². The quantitative estimate of drug-likeness (QED) is 0.832. The van der Waals surface area contributed by atoms with Gasteiger partial charge in [0, 0.05) is 49.8 Å². The zero-order chi connectivity index (χ0) is 16.6. The molecule has 2 aromatic rings. The summed E-state index contributed by atoms with van der Waals surface area (Å²) in [4.78, 5) is 22.7. The van der Waals surface area contributed by atoms with Crippen LogP contribution in [0.1, 0.15) is 10.4 Å². The predicted molar refractivity (Wildman–Crippen MR) is 91.3 cm³/mol. The lowest BCUT2D eigenvalue weighted by Gasteiger charge is -2.26. The number of carbonyl (C=O) groups excluding carboxylic acids is 1. The number of morpholine rings is 1. The highest BCUT2D eigenvalue weighted by molar-refractivity contribution is 5.95. The molecule has 1 fully saturated rings. The molecule has 1 saturated heterocycles. The number of ether oxygens (including phenoxy) is 1. The summed E-state index contributed by atoms with van der Waals surface area (Å²) in [7, 11) is 0. The van der Waals surface area contributed by atoms with E-state index in [1.165, 1.54) is 0 Å². The SMILES string of the molecule is O=C(NCCN1CCOCC1)c1cccc(Nc2cnccn2)c1. The Hall–Kier alpha value is -2.51. The van der Waals surface area contributed by atoms with Gasteiger partial charge in [0.1, 0.15) is 5.82 Å². The molecule has 0 saturated carbocycles. The van der Waals surface area contributed by atoms with E-state index in [1.807, 2.05) is 12.1 Å². The molecular formula is C17H21N5O2. The van der Waals surface area contributed by atoms with Gasteiger partial charge in [-0.25, -0.2) is 4.98 Å². The molecule has 0 spiro atoms. The first-order chi connectivity index (χ1) is 11.8. The minimum absolute atomic E-state index is 0.0777. The minimum atomic E-state index is -0.0777. The summed E-state index contributed by atoms with van der Waals surface area (Å²) in [5, 5.41) is 6.09. The van der Waals surface area contributed by atoms with E-state index >= 15 is 0 Å². The van der Waals surface area contributed by atoms with Crippen LogP contribution in [0.4, 0.5) is 11.5 Å². The molecule has 1 aliphatic heterocycles. The smallest absolute Gasteiger partial charge is 0.251 e. The van der Waals surface area contributed by atoms with Gasteiger partial charge < -0.3 is 15.4 Å². The van der Waals surface area contributed by atoms with Crippen molar-refractivity contribution in [2.75, 3.05) is 44.7 Å². The topological polar surface area (TPSA) is 79.4 Å². The summed E-state index contributed by atoms with van der Waals surface area (Å²) < 4.78 is 5.31. The van der Waals surface area contributed by atoms with Crippen LogP contribution in [0.15, 0.2) is 42.9 Å². The number of rotatable bonds is 6. The van der Waals surface area contributed by atoms with E-state index in [4.69, 9.17) is 4.74 Å². The molecule has 1 amide bonds. The van der Waals surface area contributed by atoms with E-state index in [0.29, 0.717) is 17.9 Å². The van der Waals surface area contributed by atoms with Crippen LogP contribution in [0.25, 0.3) is 0 Å². The molecule has 0 radical (unpaired) electrons. The highest BCUT2D eigenvalue weighted by atomic mass is 16.5. The summed E-state index contributed by atoms with van der Waals surface area (Å²) in [6.45, 7) is 4.85. The summed E-state index contributed by atoms with van der Waals surface area (Å²) in [5.41, 5.74) is 1.42. The summed E-state index contributed by atoms with van der Waals surface area (Å²) in [6, 6.07) is 7.33. The number of hydrogen-bond donors (Lipinski definition) is 2. The van der Waals surface area contributed by atoms with Crippen molar-refractivity contribution in [2.45, 2.75) is 0 Å². The maximum atomic E-state index is 12.3. The van der Waals surface area contributed by atoms with Crippen LogP contribution in [0, 0.1) is 0 Å². The number of nitrogens with one attached hydrogen (secondary N) is 2. The van der Waals surface area contributed by atoms with Gasteiger partial charge in [-0.15, -0.1) is 0 Å². The number of anilines is 2. The number of amides is 1. The van der Waals surface area contributed by atoms with Gasteiger partial charge in [-0.1, -0.05) is 6.07 Å². The lowest BCUT2D eigenvalue weighted by molar-refractivity contribution is 0.0383. The van der Waals surface area contributed by atoms with Crippen molar-refractivity contribution in [3.8, 4) is 0 Å². The Balaban J connectivity index is 1.52. The average Bonchev–Trinajstić information content (AvgIpc) is 2.64. The number of hydrogen-bond acceptors (Lipinski definition) is 6. The molecule has 1 aromatic carbocycles. The van der Waals surface area contributed by atoms with E-state index in [2.05, 4.69) is 25.5 Å². The fourth-order valence-corrected chi connectivity index (χ4v) is 2.50. The Bertz CT molecular complexity index is 659. The van der Waals surface area contributed by atoms with Gasteiger partial charge in [0.05, 0.1) is 19.4 Å². The van der Waals surface area contributed by atoms with Gasteiger partial charge in [0.15, 0.2) is 0 Å². The van der Waals surface area contributed by atoms with E-state index < -0.39 is 0 Å². The Kier molecular flexibility index (Phi) is 5.70. The molecule has 3 rings (SSSR count). The summed E-state index contributed by atoms with van der Waals surface area (Å²) >= 11 is 0. The maximum absolute atomic E-state index is 12.3. The Labute approximate surface area is 141 Å². The molecule has 24 heavy (non-hydrogen) atoms. The van der Waals surface area contributed by atoms with Gasteiger partial charge in [-0.3, -0.25) is 14.7 Å². The third-order valence-electron chi connectivity index (χ3n) is 3.78. The lowest BCUT2D eigenvalue weighted by Crippen LogP contribution is -2.41. The molecule has 7 heteroatoms. The highest BCUT2D eigenvalue weighted by Crippen LogP contribution is 2.15. The number of nitrogens with zero attached hydrogens (tertiary/aromatic N) is 3. The van der Waals surface area contributed by atoms with Crippen molar-refractivity contribution >= 4 is 17.4 Å². The molecule has 1 aromatic heterocycles.